The third kappa shape index (κ3) is 5.22. The maximum Gasteiger partial charge on any atom is 0.338 e. The topological polar surface area (TPSA) is 80.7 Å². The smallest absolute Gasteiger partial charge is 0.338 e. The molecule has 37 heavy (non-hydrogen) atoms. The standard InChI is InChI=1S/C28H31N3O5S/c1-6-30(3)23(32)16-20-17-37-28-29-25(18-11-9-8-10-12-18)24(27(33)36-7-2)26(31(20)28)19-13-14-21(34-4)22(15-19)35-5/h8-15,17,26H,6-7,16H2,1-5H3. The van der Waals surface area contributed by atoms with Gasteiger partial charge in [-0.2, -0.15) is 0 Å². The van der Waals surface area contributed by atoms with E-state index >= 15 is 0 Å². The minimum atomic E-state index is -0.595. The Labute approximate surface area is 221 Å². The van der Waals surface area contributed by atoms with Gasteiger partial charge in [0.05, 0.1) is 44.6 Å². The number of aliphatic imine (C=N–C) groups is 1. The van der Waals surface area contributed by atoms with Crippen LogP contribution in [0.1, 0.15) is 37.4 Å². The first-order chi connectivity index (χ1) is 17.9. The third-order valence-electron chi connectivity index (χ3n) is 6.31. The molecule has 0 aromatic heterocycles. The van der Waals surface area contributed by atoms with Gasteiger partial charge in [-0.05, 0) is 37.0 Å². The molecule has 2 aromatic rings. The summed E-state index contributed by atoms with van der Waals surface area (Å²) in [5.74, 6) is 0.634. The lowest BCUT2D eigenvalue weighted by Gasteiger charge is -2.37. The molecule has 2 aromatic carbocycles. The number of carbonyl (C=O) groups is 2. The van der Waals surface area contributed by atoms with E-state index in [1.165, 1.54) is 11.8 Å². The molecule has 8 nitrogen and oxygen atoms in total. The summed E-state index contributed by atoms with van der Waals surface area (Å²) >= 11 is 1.44. The lowest BCUT2D eigenvalue weighted by atomic mass is 9.91. The zero-order chi connectivity index (χ0) is 26.5. The average Bonchev–Trinajstić information content (AvgIpc) is 3.33. The molecule has 2 aliphatic rings. The SMILES string of the molecule is CCOC(=O)C1=C(c2ccccc2)N=C2SC=C(CC(=O)N(C)CC)N2C1c1ccc(OC)c(OC)c1. The second-order valence-electron chi connectivity index (χ2n) is 8.44. The predicted molar refractivity (Wildman–Crippen MR) is 145 cm³/mol. The van der Waals surface area contributed by atoms with E-state index in [1.54, 1.807) is 33.1 Å². The molecule has 0 aliphatic carbocycles. The number of ether oxygens (including phenoxy) is 3. The Morgan fingerprint density at radius 2 is 1.78 bits per heavy atom. The van der Waals surface area contributed by atoms with E-state index in [-0.39, 0.29) is 18.9 Å². The van der Waals surface area contributed by atoms with Crippen LogP contribution in [0.15, 0.2) is 70.2 Å². The van der Waals surface area contributed by atoms with Gasteiger partial charge in [-0.1, -0.05) is 48.2 Å². The fourth-order valence-electron chi connectivity index (χ4n) is 4.29. The second kappa shape index (κ2) is 11.6. The highest BCUT2D eigenvalue weighted by atomic mass is 32.2. The number of esters is 1. The zero-order valence-corrected chi connectivity index (χ0v) is 22.5. The highest BCUT2D eigenvalue weighted by Gasteiger charge is 2.42. The molecule has 0 N–H and O–H groups in total. The van der Waals surface area contributed by atoms with Crippen LogP contribution in [-0.4, -0.2) is 61.3 Å². The van der Waals surface area contributed by atoms with E-state index in [0.29, 0.717) is 34.5 Å². The lowest BCUT2D eigenvalue weighted by Crippen LogP contribution is -2.38. The molecular formula is C28H31N3O5S. The van der Waals surface area contributed by atoms with Gasteiger partial charge < -0.3 is 24.0 Å². The molecule has 2 heterocycles. The van der Waals surface area contributed by atoms with Crippen molar-refractivity contribution in [2.75, 3.05) is 34.4 Å². The Balaban J connectivity index is 1.92. The first kappa shape index (κ1) is 26.3. The Hall–Kier alpha value is -3.72. The Kier molecular flexibility index (Phi) is 8.23. The van der Waals surface area contributed by atoms with Crippen molar-refractivity contribution in [2.24, 2.45) is 4.99 Å². The van der Waals surface area contributed by atoms with Gasteiger partial charge in [-0.15, -0.1) is 0 Å². The van der Waals surface area contributed by atoms with E-state index in [9.17, 15) is 9.59 Å². The first-order valence-corrected chi connectivity index (χ1v) is 13.0. The number of hydrogen-bond donors (Lipinski definition) is 0. The lowest BCUT2D eigenvalue weighted by molar-refractivity contribution is -0.139. The average molecular weight is 522 g/mol. The van der Waals surface area contributed by atoms with Gasteiger partial charge in [0.2, 0.25) is 5.91 Å². The summed E-state index contributed by atoms with van der Waals surface area (Å²) in [6, 6.07) is 14.6. The Morgan fingerprint density at radius 3 is 2.43 bits per heavy atom. The summed E-state index contributed by atoms with van der Waals surface area (Å²) in [5, 5.41) is 2.62. The van der Waals surface area contributed by atoms with Crippen LogP contribution >= 0.6 is 11.8 Å². The molecule has 0 saturated heterocycles. The van der Waals surface area contributed by atoms with Crippen LogP contribution in [0.5, 0.6) is 11.5 Å². The van der Waals surface area contributed by atoms with E-state index in [4.69, 9.17) is 19.2 Å². The van der Waals surface area contributed by atoms with Gasteiger partial charge in [0.15, 0.2) is 16.7 Å². The summed E-state index contributed by atoms with van der Waals surface area (Å²) in [4.78, 5) is 35.0. The van der Waals surface area contributed by atoms with Crippen molar-refractivity contribution in [3.8, 4) is 11.5 Å². The predicted octanol–water partition coefficient (Wildman–Crippen LogP) is 4.85. The van der Waals surface area contributed by atoms with Crippen molar-refractivity contribution in [3.05, 3.63) is 76.3 Å². The van der Waals surface area contributed by atoms with Crippen molar-refractivity contribution >= 4 is 34.5 Å². The number of hydrogen-bond acceptors (Lipinski definition) is 8. The monoisotopic (exact) mass is 521 g/mol. The van der Waals surface area contributed by atoms with Crippen LogP contribution in [0.3, 0.4) is 0 Å². The number of amides is 1. The second-order valence-corrected chi connectivity index (χ2v) is 9.28. The number of benzene rings is 2. The number of rotatable bonds is 9. The molecule has 0 radical (unpaired) electrons. The minimum Gasteiger partial charge on any atom is -0.493 e. The van der Waals surface area contributed by atoms with Gasteiger partial charge in [-0.3, -0.25) is 4.79 Å². The van der Waals surface area contributed by atoms with Crippen molar-refractivity contribution in [3.63, 3.8) is 0 Å². The summed E-state index contributed by atoms with van der Waals surface area (Å²) in [5.41, 5.74) is 3.30. The van der Waals surface area contributed by atoms with Crippen molar-refractivity contribution < 1.29 is 23.8 Å². The summed E-state index contributed by atoms with van der Waals surface area (Å²) in [6.45, 7) is 4.53. The van der Waals surface area contributed by atoms with Crippen LogP contribution < -0.4 is 9.47 Å². The van der Waals surface area contributed by atoms with Crippen LogP contribution in [0.4, 0.5) is 0 Å². The Bertz CT molecular complexity index is 1270. The number of thioether (sulfide) groups is 1. The van der Waals surface area contributed by atoms with E-state index in [0.717, 1.165) is 16.8 Å². The molecule has 0 bridgehead atoms. The largest absolute Gasteiger partial charge is 0.493 e. The summed E-state index contributed by atoms with van der Waals surface area (Å²) < 4.78 is 16.6. The van der Waals surface area contributed by atoms with Crippen LogP contribution in [0.2, 0.25) is 0 Å². The van der Waals surface area contributed by atoms with E-state index in [2.05, 4.69) is 0 Å². The molecule has 1 amide bonds. The maximum atomic E-state index is 13.6. The molecule has 0 spiro atoms. The van der Waals surface area contributed by atoms with Gasteiger partial charge in [0, 0.05) is 24.9 Å². The summed E-state index contributed by atoms with van der Waals surface area (Å²) in [7, 11) is 4.93. The first-order valence-electron chi connectivity index (χ1n) is 12.1. The molecular weight excluding hydrogens is 490 g/mol. The third-order valence-corrected chi connectivity index (χ3v) is 7.20. The van der Waals surface area contributed by atoms with Crippen LogP contribution in [-0.2, 0) is 14.3 Å². The van der Waals surface area contributed by atoms with Gasteiger partial charge in [0.1, 0.15) is 0 Å². The summed E-state index contributed by atoms with van der Waals surface area (Å²) in [6.07, 6.45) is 0.178. The van der Waals surface area contributed by atoms with Crippen molar-refractivity contribution in [2.45, 2.75) is 26.3 Å². The van der Waals surface area contributed by atoms with Gasteiger partial charge in [-0.25, -0.2) is 9.79 Å². The van der Waals surface area contributed by atoms with Crippen LogP contribution in [0.25, 0.3) is 5.70 Å². The molecule has 2 aliphatic heterocycles. The van der Waals surface area contributed by atoms with Crippen molar-refractivity contribution in [1.29, 1.82) is 0 Å². The van der Waals surface area contributed by atoms with E-state index in [1.807, 2.05) is 65.8 Å². The number of amidine groups is 1. The number of methoxy groups -OCH3 is 2. The highest BCUT2D eigenvalue weighted by molar-refractivity contribution is 8.16. The molecule has 0 fully saturated rings. The highest BCUT2D eigenvalue weighted by Crippen LogP contribution is 2.48. The fourth-order valence-corrected chi connectivity index (χ4v) is 5.21. The van der Waals surface area contributed by atoms with E-state index < -0.39 is 12.0 Å². The molecule has 194 valence electrons. The van der Waals surface area contributed by atoms with Crippen molar-refractivity contribution in [1.82, 2.24) is 9.80 Å². The normalized spacial score (nSPS) is 16.6. The van der Waals surface area contributed by atoms with Crippen LogP contribution in [0, 0.1) is 0 Å². The molecule has 9 heteroatoms. The Morgan fingerprint density at radius 1 is 1.05 bits per heavy atom. The van der Waals surface area contributed by atoms with Gasteiger partial charge in [0.25, 0.3) is 0 Å². The van der Waals surface area contributed by atoms with Gasteiger partial charge >= 0.3 is 5.97 Å². The molecule has 1 atom stereocenters. The minimum absolute atomic E-state index is 0.0165. The number of carbonyl (C=O) groups excluding carboxylic acids is 2. The molecule has 4 rings (SSSR count). The zero-order valence-electron chi connectivity index (χ0n) is 21.7. The number of nitrogens with zero attached hydrogens (tertiary/aromatic N) is 3. The number of fused-ring (bicyclic) bond motifs is 1. The molecule has 0 saturated carbocycles. The maximum absolute atomic E-state index is 13.6. The quantitative estimate of drug-likeness (QED) is 0.437. The molecule has 1 unspecified atom stereocenters. The fraction of sp³-hybridized carbons (Fsp3) is 0.321.